The largest absolute Gasteiger partial charge is 0.476 e. The lowest BCUT2D eigenvalue weighted by Gasteiger charge is -2.00. The predicted octanol–water partition coefficient (Wildman–Crippen LogP) is 2.96. The SMILES string of the molecule is O=C(O)c1[nH]nnc1Sc1ccc(Cl)c(Cl)c1. The summed E-state index contributed by atoms with van der Waals surface area (Å²) in [6.07, 6.45) is 0. The zero-order valence-electron chi connectivity index (χ0n) is 8.15. The molecule has 1 aromatic carbocycles. The summed E-state index contributed by atoms with van der Waals surface area (Å²) >= 11 is 12.8. The molecule has 5 nitrogen and oxygen atoms in total. The van der Waals surface area contributed by atoms with Crippen molar-refractivity contribution in [1.82, 2.24) is 15.4 Å². The zero-order chi connectivity index (χ0) is 12.4. The molecule has 1 heterocycles. The summed E-state index contributed by atoms with van der Waals surface area (Å²) in [6.45, 7) is 0. The normalized spacial score (nSPS) is 10.5. The third-order valence-electron chi connectivity index (χ3n) is 1.84. The van der Waals surface area contributed by atoms with E-state index in [0.29, 0.717) is 10.0 Å². The Labute approximate surface area is 110 Å². The fraction of sp³-hybridized carbons (Fsp3) is 0. The molecule has 2 rings (SSSR count). The number of nitrogens with one attached hydrogen (secondary N) is 1. The Bertz CT molecular complexity index is 573. The van der Waals surface area contributed by atoms with E-state index in [0.717, 1.165) is 16.7 Å². The molecule has 8 heteroatoms. The Morgan fingerprint density at radius 3 is 2.76 bits per heavy atom. The van der Waals surface area contributed by atoms with Crippen molar-refractivity contribution in [3.05, 3.63) is 33.9 Å². The Morgan fingerprint density at radius 2 is 2.12 bits per heavy atom. The van der Waals surface area contributed by atoms with Crippen LogP contribution in [0.3, 0.4) is 0 Å². The second-order valence-electron chi connectivity index (χ2n) is 2.98. The minimum absolute atomic E-state index is 0.0546. The van der Waals surface area contributed by atoms with Crippen molar-refractivity contribution in [3.8, 4) is 0 Å². The number of carboxylic acid groups (broad SMARTS) is 1. The summed E-state index contributed by atoms with van der Waals surface area (Å²) in [6, 6.07) is 4.99. The van der Waals surface area contributed by atoms with E-state index >= 15 is 0 Å². The molecule has 0 unspecified atom stereocenters. The van der Waals surface area contributed by atoms with Crippen LogP contribution in [0.4, 0.5) is 0 Å². The summed E-state index contributed by atoms with van der Waals surface area (Å²) in [7, 11) is 0. The first-order valence-corrected chi connectivity index (χ1v) is 5.92. The average molecular weight is 290 g/mol. The van der Waals surface area contributed by atoms with Gasteiger partial charge in [0, 0.05) is 4.90 Å². The number of rotatable bonds is 3. The molecule has 0 aliphatic rings. The van der Waals surface area contributed by atoms with Crippen molar-refractivity contribution in [3.63, 3.8) is 0 Å². The van der Waals surface area contributed by atoms with Crippen molar-refractivity contribution in [2.24, 2.45) is 0 Å². The van der Waals surface area contributed by atoms with Crippen LogP contribution in [0.15, 0.2) is 28.1 Å². The van der Waals surface area contributed by atoms with E-state index < -0.39 is 5.97 Å². The Kier molecular flexibility index (Phi) is 3.56. The van der Waals surface area contributed by atoms with E-state index in [1.165, 1.54) is 0 Å². The highest BCUT2D eigenvalue weighted by molar-refractivity contribution is 7.99. The maximum atomic E-state index is 10.8. The number of H-pyrrole nitrogens is 1. The lowest BCUT2D eigenvalue weighted by Crippen LogP contribution is -1.98. The fourth-order valence-electron chi connectivity index (χ4n) is 1.08. The molecule has 0 aliphatic heterocycles. The van der Waals surface area contributed by atoms with Gasteiger partial charge >= 0.3 is 5.97 Å². The van der Waals surface area contributed by atoms with E-state index in [2.05, 4.69) is 15.4 Å². The molecule has 0 spiro atoms. The number of nitrogens with zero attached hydrogens (tertiary/aromatic N) is 2. The zero-order valence-corrected chi connectivity index (χ0v) is 10.5. The van der Waals surface area contributed by atoms with Gasteiger partial charge in [-0.15, -0.1) is 5.10 Å². The van der Waals surface area contributed by atoms with Gasteiger partial charge in [-0.25, -0.2) is 4.79 Å². The van der Waals surface area contributed by atoms with Gasteiger partial charge in [0.25, 0.3) is 0 Å². The highest BCUT2D eigenvalue weighted by atomic mass is 35.5. The highest BCUT2D eigenvalue weighted by Crippen LogP contribution is 2.32. The number of aromatic amines is 1. The van der Waals surface area contributed by atoms with Gasteiger partial charge in [0.15, 0.2) is 10.7 Å². The Morgan fingerprint density at radius 1 is 1.35 bits per heavy atom. The number of carboxylic acids is 1. The number of hydrogen-bond acceptors (Lipinski definition) is 4. The standard InChI is InChI=1S/C9H5Cl2N3O2S/c10-5-2-1-4(3-6(5)11)17-8-7(9(15)16)12-14-13-8/h1-3H,(H,15,16)(H,12,13,14). The number of aromatic carboxylic acids is 1. The maximum absolute atomic E-state index is 10.8. The molecule has 0 saturated carbocycles. The van der Waals surface area contributed by atoms with Crippen LogP contribution in [0.2, 0.25) is 10.0 Å². The molecular formula is C9H5Cl2N3O2S. The van der Waals surface area contributed by atoms with Crippen molar-refractivity contribution in [1.29, 1.82) is 0 Å². The molecule has 0 bridgehead atoms. The Balaban J connectivity index is 2.28. The molecule has 0 radical (unpaired) electrons. The van der Waals surface area contributed by atoms with E-state index in [-0.39, 0.29) is 10.7 Å². The van der Waals surface area contributed by atoms with Gasteiger partial charge < -0.3 is 5.11 Å². The Hall–Kier alpha value is -1.24. The smallest absolute Gasteiger partial charge is 0.356 e. The van der Waals surface area contributed by atoms with Crippen LogP contribution >= 0.6 is 35.0 Å². The summed E-state index contributed by atoms with van der Waals surface area (Å²) in [5, 5.41) is 19.4. The van der Waals surface area contributed by atoms with Gasteiger partial charge in [0.2, 0.25) is 0 Å². The van der Waals surface area contributed by atoms with Crippen molar-refractivity contribution >= 4 is 40.9 Å². The van der Waals surface area contributed by atoms with Gasteiger partial charge in [-0.2, -0.15) is 0 Å². The van der Waals surface area contributed by atoms with E-state index in [9.17, 15) is 4.79 Å². The van der Waals surface area contributed by atoms with Gasteiger partial charge in [-0.05, 0) is 18.2 Å². The van der Waals surface area contributed by atoms with Crippen molar-refractivity contribution < 1.29 is 9.90 Å². The molecule has 17 heavy (non-hydrogen) atoms. The molecular weight excluding hydrogens is 285 g/mol. The molecule has 0 atom stereocenters. The second-order valence-corrected chi connectivity index (χ2v) is 4.85. The van der Waals surface area contributed by atoms with Crippen LogP contribution in [0.5, 0.6) is 0 Å². The van der Waals surface area contributed by atoms with Crippen LogP contribution in [0, 0.1) is 0 Å². The number of benzene rings is 1. The average Bonchev–Trinajstić information content (AvgIpc) is 2.72. The van der Waals surface area contributed by atoms with Crippen LogP contribution in [-0.4, -0.2) is 26.5 Å². The third kappa shape index (κ3) is 2.71. The number of halogens is 2. The van der Waals surface area contributed by atoms with E-state index in [1.807, 2.05) is 0 Å². The maximum Gasteiger partial charge on any atom is 0.356 e. The molecule has 88 valence electrons. The monoisotopic (exact) mass is 289 g/mol. The lowest BCUT2D eigenvalue weighted by atomic mass is 10.4. The van der Waals surface area contributed by atoms with Gasteiger partial charge in [0.1, 0.15) is 0 Å². The van der Waals surface area contributed by atoms with Crippen molar-refractivity contribution in [2.75, 3.05) is 0 Å². The number of hydrogen-bond donors (Lipinski definition) is 2. The molecule has 0 fully saturated rings. The van der Waals surface area contributed by atoms with Crippen molar-refractivity contribution in [2.45, 2.75) is 9.92 Å². The van der Waals surface area contributed by atoms with Gasteiger partial charge in [0.05, 0.1) is 10.0 Å². The summed E-state index contributed by atoms with van der Waals surface area (Å²) < 4.78 is 0. The van der Waals surface area contributed by atoms with Crippen LogP contribution < -0.4 is 0 Å². The van der Waals surface area contributed by atoms with Gasteiger partial charge in [-0.3, -0.25) is 5.10 Å². The number of carbonyl (C=O) groups is 1. The molecule has 0 aliphatic carbocycles. The summed E-state index contributed by atoms with van der Waals surface area (Å²) in [4.78, 5) is 11.6. The minimum Gasteiger partial charge on any atom is -0.476 e. The molecule has 2 N–H and O–H groups in total. The third-order valence-corrected chi connectivity index (χ3v) is 3.54. The lowest BCUT2D eigenvalue weighted by molar-refractivity contribution is 0.0686. The topological polar surface area (TPSA) is 78.9 Å². The molecule has 0 amide bonds. The molecule has 0 saturated heterocycles. The second kappa shape index (κ2) is 4.95. The van der Waals surface area contributed by atoms with E-state index in [4.69, 9.17) is 28.3 Å². The fourth-order valence-corrected chi connectivity index (χ4v) is 2.30. The predicted molar refractivity (Wildman–Crippen MR) is 63.9 cm³/mol. The first kappa shape index (κ1) is 12.2. The highest BCUT2D eigenvalue weighted by Gasteiger charge is 2.15. The van der Waals surface area contributed by atoms with Crippen LogP contribution in [-0.2, 0) is 0 Å². The first-order chi connectivity index (χ1) is 8.08. The summed E-state index contributed by atoms with van der Waals surface area (Å²) in [5.74, 6) is -1.11. The quantitative estimate of drug-likeness (QED) is 0.908. The van der Waals surface area contributed by atoms with Gasteiger partial charge in [-0.1, -0.05) is 40.2 Å². The van der Waals surface area contributed by atoms with Crippen LogP contribution in [0.25, 0.3) is 0 Å². The minimum atomic E-state index is -1.11. The number of aromatic nitrogens is 3. The van der Waals surface area contributed by atoms with E-state index in [1.54, 1.807) is 18.2 Å². The first-order valence-electron chi connectivity index (χ1n) is 4.35. The molecule has 1 aromatic heterocycles. The molecule has 2 aromatic rings. The summed E-state index contributed by atoms with van der Waals surface area (Å²) in [5.41, 5.74) is -0.0546. The van der Waals surface area contributed by atoms with Crippen LogP contribution in [0.1, 0.15) is 10.5 Å².